The molecule has 10 heteroatoms. The summed E-state index contributed by atoms with van der Waals surface area (Å²) in [6.07, 6.45) is 1.54. The van der Waals surface area contributed by atoms with Crippen molar-refractivity contribution < 1.29 is 14.4 Å². The molecule has 3 rings (SSSR count). The summed E-state index contributed by atoms with van der Waals surface area (Å²) in [6, 6.07) is 6.85. The number of thioether (sulfide) groups is 1. The Bertz CT molecular complexity index is 852. The van der Waals surface area contributed by atoms with Crippen LogP contribution < -0.4 is 10.6 Å². The van der Waals surface area contributed by atoms with E-state index < -0.39 is 5.25 Å². The summed E-state index contributed by atoms with van der Waals surface area (Å²) in [5.41, 5.74) is 1.40. The average molecular weight is 374 g/mol. The molecule has 1 aromatic heterocycles. The van der Waals surface area contributed by atoms with Crippen molar-refractivity contribution in [3.05, 3.63) is 30.6 Å². The monoisotopic (exact) mass is 374 g/mol. The summed E-state index contributed by atoms with van der Waals surface area (Å²) < 4.78 is 1.73. The van der Waals surface area contributed by atoms with Gasteiger partial charge in [-0.1, -0.05) is 17.8 Å². The van der Waals surface area contributed by atoms with Crippen LogP contribution in [-0.2, 0) is 9.59 Å². The second-order valence-corrected chi connectivity index (χ2v) is 7.00. The molecule has 1 aromatic carbocycles. The quantitative estimate of drug-likeness (QED) is 0.763. The fourth-order valence-corrected chi connectivity index (χ4v) is 3.43. The van der Waals surface area contributed by atoms with Gasteiger partial charge in [-0.2, -0.15) is 0 Å². The normalized spacial score (nSPS) is 14.8. The molecule has 1 fully saturated rings. The minimum absolute atomic E-state index is 0.163. The van der Waals surface area contributed by atoms with E-state index in [0.29, 0.717) is 23.9 Å². The van der Waals surface area contributed by atoms with Crippen LogP contribution in [-0.4, -0.2) is 55.8 Å². The molecule has 0 saturated carbocycles. The molecule has 0 aliphatic carbocycles. The maximum absolute atomic E-state index is 12.4. The molecular weight excluding hydrogens is 356 g/mol. The number of urea groups is 1. The molecule has 0 bridgehead atoms. The van der Waals surface area contributed by atoms with Crippen molar-refractivity contribution in [1.82, 2.24) is 25.0 Å². The number of anilines is 1. The highest BCUT2D eigenvalue weighted by Gasteiger charge is 2.31. The van der Waals surface area contributed by atoms with Gasteiger partial charge in [-0.15, -0.1) is 10.2 Å². The first-order valence-electron chi connectivity index (χ1n) is 7.99. The van der Waals surface area contributed by atoms with Crippen LogP contribution in [0.2, 0.25) is 0 Å². The molecule has 26 heavy (non-hydrogen) atoms. The number of amides is 4. The van der Waals surface area contributed by atoms with Crippen molar-refractivity contribution in [3.8, 4) is 5.69 Å². The molecule has 1 saturated heterocycles. The highest BCUT2D eigenvalue weighted by molar-refractivity contribution is 8.00. The van der Waals surface area contributed by atoms with Crippen LogP contribution in [0.5, 0.6) is 0 Å². The number of nitrogens with one attached hydrogen (secondary N) is 2. The highest BCUT2D eigenvalue weighted by atomic mass is 32.2. The summed E-state index contributed by atoms with van der Waals surface area (Å²) in [5.74, 6) is -0.435. The fourth-order valence-electron chi connectivity index (χ4n) is 2.53. The zero-order valence-electron chi connectivity index (χ0n) is 14.3. The van der Waals surface area contributed by atoms with Gasteiger partial charge in [0.2, 0.25) is 11.8 Å². The smallest absolute Gasteiger partial charge is 0.324 e. The number of hydrogen-bond donors (Lipinski definition) is 2. The second-order valence-electron chi connectivity index (χ2n) is 5.70. The Balaban J connectivity index is 1.77. The van der Waals surface area contributed by atoms with E-state index in [4.69, 9.17) is 0 Å². The predicted molar refractivity (Wildman–Crippen MR) is 96.1 cm³/mol. The first-order chi connectivity index (χ1) is 12.5. The van der Waals surface area contributed by atoms with Gasteiger partial charge in [0.15, 0.2) is 5.16 Å². The number of hydrogen-bond acceptors (Lipinski definition) is 6. The lowest BCUT2D eigenvalue weighted by atomic mass is 10.2. The maximum Gasteiger partial charge on any atom is 0.324 e. The first kappa shape index (κ1) is 17.9. The molecule has 1 unspecified atom stereocenters. The Hall–Kier alpha value is -2.88. The number of benzene rings is 1. The largest absolute Gasteiger partial charge is 0.336 e. The van der Waals surface area contributed by atoms with E-state index >= 15 is 0 Å². The number of aromatic nitrogens is 3. The molecule has 2 aromatic rings. The van der Waals surface area contributed by atoms with Gasteiger partial charge in [0.05, 0.1) is 10.9 Å². The maximum atomic E-state index is 12.4. The SMILES string of the molecule is CC(=O)Nc1cccc(-n2cnnc2SC(C)C(=O)N2CCNC2=O)c1. The van der Waals surface area contributed by atoms with Crippen molar-refractivity contribution >= 4 is 35.3 Å². The summed E-state index contributed by atoms with van der Waals surface area (Å²) in [6.45, 7) is 4.00. The van der Waals surface area contributed by atoms with Crippen molar-refractivity contribution in [3.63, 3.8) is 0 Å². The second kappa shape index (κ2) is 7.56. The molecular formula is C16H18N6O3S. The standard InChI is InChI=1S/C16H18N6O3S/c1-10(14(24)21-7-6-17-15(21)25)26-16-20-18-9-22(16)13-5-3-4-12(8-13)19-11(2)23/h3-5,8-10H,6-7H2,1-2H3,(H,17,25)(H,19,23). The van der Waals surface area contributed by atoms with Crippen LogP contribution >= 0.6 is 11.8 Å². The van der Waals surface area contributed by atoms with Crippen LogP contribution in [0.4, 0.5) is 10.5 Å². The molecule has 2 N–H and O–H groups in total. The van der Waals surface area contributed by atoms with Crippen LogP contribution in [0.1, 0.15) is 13.8 Å². The Kier molecular flexibility index (Phi) is 5.21. The third-order valence-electron chi connectivity index (χ3n) is 3.71. The van der Waals surface area contributed by atoms with E-state index in [0.717, 1.165) is 5.69 Å². The van der Waals surface area contributed by atoms with Crippen LogP contribution in [0.15, 0.2) is 35.7 Å². The molecule has 1 aliphatic heterocycles. The lowest BCUT2D eigenvalue weighted by Crippen LogP contribution is -2.39. The van der Waals surface area contributed by atoms with Gasteiger partial charge in [0, 0.05) is 25.7 Å². The third kappa shape index (κ3) is 3.85. The minimum atomic E-state index is -0.500. The van der Waals surface area contributed by atoms with Crippen LogP contribution in [0.25, 0.3) is 5.69 Å². The van der Waals surface area contributed by atoms with Crippen molar-refractivity contribution in [2.24, 2.45) is 0 Å². The number of rotatable bonds is 5. The summed E-state index contributed by atoms with van der Waals surface area (Å²) >= 11 is 1.22. The van der Waals surface area contributed by atoms with Gasteiger partial charge >= 0.3 is 6.03 Å². The summed E-state index contributed by atoms with van der Waals surface area (Å²) in [7, 11) is 0. The van der Waals surface area contributed by atoms with Crippen molar-refractivity contribution in [2.75, 3.05) is 18.4 Å². The van der Waals surface area contributed by atoms with E-state index in [1.165, 1.54) is 29.9 Å². The lowest BCUT2D eigenvalue weighted by Gasteiger charge is -2.17. The zero-order valence-corrected chi connectivity index (χ0v) is 15.1. The van der Waals surface area contributed by atoms with E-state index in [1.807, 2.05) is 6.07 Å². The average Bonchev–Trinajstić information content (AvgIpc) is 3.22. The lowest BCUT2D eigenvalue weighted by molar-refractivity contribution is -0.126. The summed E-state index contributed by atoms with van der Waals surface area (Å²) in [4.78, 5) is 36.5. The topological polar surface area (TPSA) is 109 Å². The van der Waals surface area contributed by atoms with Gasteiger partial charge in [0.25, 0.3) is 0 Å². The van der Waals surface area contributed by atoms with Gasteiger partial charge in [-0.05, 0) is 25.1 Å². The number of imide groups is 1. The van der Waals surface area contributed by atoms with Crippen LogP contribution in [0, 0.1) is 0 Å². The predicted octanol–water partition coefficient (Wildman–Crippen LogP) is 1.26. The van der Waals surface area contributed by atoms with E-state index in [-0.39, 0.29) is 17.8 Å². The molecule has 0 radical (unpaired) electrons. The molecule has 136 valence electrons. The number of carbonyl (C=O) groups excluding carboxylic acids is 3. The van der Waals surface area contributed by atoms with E-state index in [9.17, 15) is 14.4 Å². The highest BCUT2D eigenvalue weighted by Crippen LogP contribution is 2.26. The summed E-state index contributed by atoms with van der Waals surface area (Å²) in [5, 5.41) is 13.3. The van der Waals surface area contributed by atoms with Gasteiger partial charge < -0.3 is 10.6 Å². The van der Waals surface area contributed by atoms with E-state index in [2.05, 4.69) is 20.8 Å². The first-order valence-corrected chi connectivity index (χ1v) is 8.87. The number of nitrogens with zero attached hydrogens (tertiary/aromatic N) is 4. The number of carbonyl (C=O) groups is 3. The Morgan fingerprint density at radius 2 is 2.19 bits per heavy atom. The molecule has 1 aliphatic rings. The Morgan fingerprint density at radius 1 is 1.38 bits per heavy atom. The zero-order chi connectivity index (χ0) is 18.7. The molecule has 2 heterocycles. The van der Waals surface area contributed by atoms with E-state index in [1.54, 1.807) is 29.7 Å². The minimum Gasteiger partial charge on any atom is -0.336 e. The fraction of sp³-hybridized carbons (Fsp3) is 0.312. The Labute approximate surface area is 154 Å². The third-order valence-corrected chi connectivity index (χ3v) is 4.76. The van der Waals surface area contributed by atoms with Gasteiger partial charge in [-0.25, -0.2) is 4.79 Å². The van der Waals surface area contributed by atoms with Gasteiger partial charge in [0.1, 0.15) is 6.33 Å². The van der Waals surface area contributed by atoms with Gasteiger partial charge in [-0.3, -0.25) is 19.1 Å². The molecule has 1 atom stereocenters. The molecule has 0 spiro atoms. The molecule has 4 amide bonds. The van der Waals surface area contributed by atoms with Crippen molar-refractivity contribution in [1.29, 1.82) is 0 Å². The molecule has 9 nitrogen and oxygen atoms in total. The van der Waals surface area contributed by atoms with Crippen molar-refractivity contribution in [2.45, 2.75) is 24.3 Å². The van der Waals surface area contributed by atoms with Crippen LogP contribution in [0.3, 0.4) is 0 Å². The Morgan fingerprint density at radius 3 is 2.88 bits per heavy atom.